The zero-order valence-corrected chi connectivity index (χ0v) is 8.61. The molecule has 0 aliphatic rings. The Morgan fingerprint density at radius 1 is 1.41 bits per heavy atom. The Morgan fingerprint density at radius 3 is 2.88 bits per heavy atom. The van der Waals surface area contributed by atoms with Gasteiger partial charge < -0.3 is 9.73 Å². The van der Waals surface area contributed by atoms with Crippen LogP contribution in [-0.2, 0) is 6.54 Å². The topological polar surface area (TPSA) is 55.1 Å². The number of oxazole rings is 1. The van der Waals surface area contributed by atoms with Crippen LogP contribution in [0.5, 0.6) is 0 Å². The molecule has 2 rings (SSSR count). The minimum absolute atomic E-state index is 0.0438. The van der Waals surface area contributed by atoms with Crippen LogP contribution in [0.3, 0.4) is 0 Å². The number of carbonyl (C=O) groups excluding carboxylic acids is 1. The van der Waals surface area contributed by atoms with E-state index in [-0.39, 0.29) is 17.8 Å². The van der Waals surface area contributed by atoms with Gasteiger partial charge in [0.15, 0.2) is 12.1 Å². The Bertz CT molecular complexity index is 526. The molecule has 0 saturated heterocycles. The van der Waals surface area contributed by atoms with Crippen LogP contribution in [0.25, 0.3) is 0 Å². The molecule has 1 aromatic carbocycles. The molecule has 17 heavy (non-hydrogen) atoms. The molecule has 2 aromatic rings. The maximum absolute atomic E-state index is 13.2. The molecule has 0 saturated carbocycles. The molecule has 4 nitrogen and oxygen atoms in total. The van der Waals surface area contributed by atoms with Gasteiger partial charge in [-0.25, -0.2) is 13.8 Å². The van der Waals surface area contributed by atoms with Crippen LogP contribution in [0, 0.1) is 11.6 Å². The van der Waals surface area contributed by atoms with Crippen LogP contribution in [0.15, 0.2) is 35.3 Å². The van der Waals surface area contributed by atoms with Gasteiger partial charge in [0.05, 0.1) is 0 Å². The molecule has 0 unspecified atom stereocenters. The maximum Gasteiger partial charge on any atom is 0.273 e. The van der Waals surface area contributed by atoms with Gasteiger partial charge in [0.25, 0.3) is 5.91 Å². The fourth-order valence-electron chi connectivity index (χ4n) is 1.26. The number of hydrogen-bond acceptors (Lipinski definition) is 3. The number of nitrogens with zero attached hydrogens (tertiary/aromatic N) is 1. The molecule has 0 spiro atoms. The zero-order valence-electron chi connectivity index (χ0n) is 8.61. The largest absolute Gasteiger partial charge is 0.451 e. The fourth-order valence-corrected chi connectivity index (χ4v) is 1.26. The molecule has 1 N–H and O–H groups in total. The first kappa shape index (κ1) is 11.3. The first-order valence-electron chi connectivity index (χ1n) is 4.77. The second kappa shape index (κ2) is 4.73. The summed E-state index contributed by atoms with van der Waals surface area (Å²) in [5.41, 5.74) is 0.302. The second-order valence-electron chi connectivity index (χ2n) is 3.29. The van der Waals surface area contributed by atoms with Crippen molar-refractivity contribution >= 4 is 5.91 Å². The van der Waals surface area contributed by atoms with Gasteiger partial charge in [-0.1, -0.05) is 6.07 Å². The molecular formula is C11H8F2N2O2. The van der Waals surface area contributed by atoms with Crippen LogP contribution in [0.2, 0.25) is 0 Å². The van der Waals surface area contributed by atoms with Crippen molar-refractivity contribution in [2.45, 2.75) is 6.54 Å². The summed E-state index contributed by atoms with van der Waals surface area (Å²) in [5.74, 6) is -1.85. The smallest absolute Gasteiger partial charge is 0.273 e. The van der Waals surface area contributed by atoms with Crippen molar-refractivity contribution in [2.24, 2.45) is 0 Å². The molecule has 1 aromatic heterocycles. The van der Waals surface area contributed by atoms with Crippen molar-refractivity contribution in [3.63, 3.8) is 0 Å². The van der Waals surface area contributed by atoms with Crippen LogP contribution >= 0.6 is 0 Å². The fraction of sp³-hybridized carbons (Fsp3) is 0.0909. The van der Waals surface area contributed by atoms with Crippen LogP contribution < -0.4 is 5.32 Å². The van der Waals surface area contributed by atoms with E-state index in [9.17, 15) is 13.6 Å². The van der Waals surface area contributed by atoms with E-state index in [0.717, 1.165) is 18.5 Å². The van der Waals surface area contributed by atoms with Gasteiger partial charge in [-0.15, -0.1) is 0 Å². The molecule has 88 valence electrons. The lowest BCUT2D eigenvalue weighted by atomic mass is 10.2. The van der Waals surface area contributed by atoms with Crippen molar-refractivity contribution in [1.29, 1.82) is 0 Å². The molecule has 0 aliphatic carbocycles. The van der Waals surface area contributed by atoms with E-state index in [1.54, 1.807) is 0 Å². The number of hydrogen-bond donors (Lipinski definition) is 1. The highest BCUT2D eigenvalue weighted by Crippen LogP contribution is 2.09. The van der Waals surface area contributed by atoms with E-state index in [4.69, 9.17) is 0 Å². The average molecular weight is 238 g/mol. The standard InChI is InChI=1S/C11H8F2N2O2/c12-8-2-1-7(9(13)3-8)4-14-11(16)10-5-17-6-15-10/h1-3,5-6H,4H2,(H,14,16). The Labute approximate surface area is 95.3 Å². The number of halogens is 2. The van der Waals surface area contributed by atoms with Crippen molar-refractivity contribution < 1.29 is 18.0 Å². The van der Waals surface area contributed by atoms with Crippen LogP contribution in [0.1, 0.15) is 16.1 Å². The Hall–Kier alpha value is -2.24. The molecule has 6 heteroatoms. The predicted octanol–water partition coefficient (Wildman–Crippen LogP) is 1.88. The third-order valence-electron chi connectivity index (χ3n) is 2.12. The molecule has 0 fully saturated rings. The van der Waals surface area contributed by atoms with Gasteiger partial charge in [0, 0.05) is 18.2 Å². The summed E-state index contributed by atoms with van der Waals surface area (Å²) < 4.78 is 30.5. The van der Waals surface area contributed by atoms with Crippen molar-refractivity contribution in [3.8, 4) is 0 Å². The van der Waals surface area contributed by atoms with Crippen molar-refractivity contribution in [3.05, 3.63) is 53.7 Å². The number of rotatable bonds is 3. The van der Waals surface area contributed by atoms with Crippen LogP contribution in [0.4, 0.5) is 8.78 Å². The number of benzene rings is 1. The molecule has 1 amide bonds. The average Bonchev–Trinajstić information content (AvgIpc) is 2.81. The van der Waals surface area contributed by atoms with Gasteiger partial charge in [0.2, 0.25) is 0 Å². The highest BCUT2D eigenvalue weighted by Gasteiger charge is 2.09. The van der Waals surface area contributed by atoms with Gasteiger partial charge in [-0.05, 0) is 6.07 Å². The number of amides is 1. The molecule has 0 atom stereocenters. The van der Waals surface area contributed by atoms with Gasteiger partial charge in [-0.2, -0.15) is 0 Å². The molecule has 0 radical (unpaired) electrons. The van der Waals surface area contributed by atoms with E-state index in [1.165, 1.54) is 12.3 Å². The van der Waals surface area contributed by atoms with Crippen LogP contribution in [-0.4, -0.2) is 10.9 Å². The SMILES string of the molecule is O=C(NCc1ccc(F)cc1F)c1cocn1. The highest BCUT2D eigenvalue weighted by molar-refractivity contribution is 5.91. The summed E-state index contributed by atoms with van der Waals surface area (Å²) in [6.45, 7) is -0.0438. The molecule has 0 aliphatic heterocycles. The summed E-state index contributed by atoms with van der Waals surface area (Å²) in [7, 11) is 0. The Balaban J connectivity index is 2.01. The molecule has 1 heterocycles. The predicted molar refractivity (Wildman–Crippen MR) is 54.0 cm³/mol. The third kappa shape index (κ3) is 2.66. The number of nitrogens with one attached hydrogen (secondary N) is 1. The Morgan fingerprint density at radius 2 is 2.24 bits per heavy atom. The van der Waals surface area contributed by atoms with E-state index in [0.29, 0.717) is 0 Å². The summed E-state index contributed by atoms with van der Waals surface area (Å²) >= 11 is 0. The molecule has 0 bridgehead atoms. The lowest BCUT2D eigenvalue weighted by Crippen LogP contribution is -2.23. The van der Waals surface area contributed by atoms with Gasteiger partial charge in [0.1, 0.15) is 17.9 Å². The normalized spacial score (nSPS) is 10.2. The molecular weight excluding hydrogens is 230 g/mol. The van der Waals surface area contributed by atoms with E-state index < -0.39 is 17.5 Å². The minimum Gasteiger partial charge on any atom is -0.451 e. The second-order valence-corrected chi connectivity index (χ2v) is 3.29. The zero-order chi connectivity index (χ0) is 12.3. The van der Waals surface area contributed by atoms with Gasteiger partial charge in [-0.3, -0.25) is 4.79 Å². The van der Waals surface area contributed by atoms with Gasteiger partial charge >= 0.3 is 0 Å². The monoisotopic (exact) mass is 238 g/mol. The number of carbonyl (C=O) groups is 1. The lowest BCUT2D eigenvalue weighted by molar-refractivity contribution is 0.0945. The summed E-state index contributed by atoms with van der Waals surface area (Å²) in [6, 6.07) is 3.16. The van der Waals surface area contributed by atoms with Crippen molar-refractivity contribution in [2.75, 3.05) is 0 Å². The highest BCUT2D eigenvalue weighted by atomic mass is 19.1. The summed E-state index contributed by atoms with van der Waals surface area (Å²) in [4.78, 5) is 15.1. The Kier molecular flexibility index (Phi) is 3.13. The minimum atomic E-state index is -0.703. The summed E-state index contributed by atoms with van der Waals surface area (Å²) in [6.07, 6.45) is 2.30. The maximum atomic E-state index is 13.2. The van der Waals surface area contributed by atoms with E-state index >= 15 is 0 Å². The first-order valence-corrected chi connectivity index (χ1v) is 4.77. The third-order valence-corrected chi connectivity index (χ3v) is 2.12. The van der Waals surface area contributed by atoms with Crippen molar-refractivity contribution in [1.82, 2.24) is 10.3 Å². The van der Waals surface area contributed by atoms with E-state index in [2.05, 4.69) is 14.7 Å². The lowest BCUT2D eigenvalue weighted by Gasteiger charge is -2.04. The van der Waals surface area contributed by atoms with E-state index in [1.807, 2.05) is 0 Å². The quantitative estimate of drug-likeness (QED) is 0.888. The number of aromatic nitrogens is 1. The summed E-state index contributed by atoms with van der Waals surface area (Å²) in [5, 5.41) is 2.44. The first-order chi connectivity index (χ1) is 8.16.